The standard InChI is InChI=1S/C33H32ClF3N8O3/c1-19-14-43(32(2)17-47-18-32)8-6-25(19)45-31-23(13-41-45)30(22(10-38)24(42-31)5-7-33(35,36)37)20-3-4-26-27(9-20)48-16-29(46)44(26)15-28-39-11-21(34)12-40-28/h3-4,9,11-13,19,25H,5-8,14-18H2,1-2H3/t19-,25-/m1/s1. The van der Waals surface area contributed by atoms with Crippen molar-refractivity contribution < 1.29 is 27.4 Å². The van der Waals surface area contributed by atoms with E-state index in [0.29, 0.717) is 57.7 Å². The molecule has 15 heteroatoms. The summed E-state index contributed by atoms with van der Waals surface area (Å²) in [5.41, 5.74) is 1.95. The lowest BCUT2D eigenvalue weighted by atomic mass is 9.88. The Labute approximate surface area is 279 Å². The molecule has 0 unspecified atom stereocenters. The molecule has 3 aromatic heterocycles. The summed E-state index contributed by atoms with van der Waals surface area (Å²) >= 11 is 5.92. The fraction of sp³-hybridized carbons (Fsp3) is 0.455. The topological polar surface area (TPSA) is 122 Å². The van der Waals surface area contributed by atoms with Crippen molar-refractivity contribution in [1.29, 1.82) is 5.26 Å². The van der Waals surface area contributed by atoms with Crippen molar-refractivity contribution in [2.24, 2.45) is 5.92 Å². The number of nitrogens with zero attached hydrogens (tertiary/aromatic N) is 8. The fourth-order valence-corrected chi connectivity index (χ4v) is 6.97. The van der Waals surface area contributed by atoms with Crippen LogP contribution in [0, 0.1) is 17.2 Å². The van der Waals surface area contributed by atoms with Crippen LogP contribution < -0.4 is 9.64 Å². The first-order valence-electron chi connectivity index (χ1n) is 15.7. The maximum atomic E-state index is 13.5. The fourth-order valence-electron chi connectivity index (χ4n) is 6.87. The molecular weight excluding hydrogens is 649 g/mol. The number of carbonyl (C=O) groups is 1. The number of piperidine rings is 1. The molecule has 3 aliphatic heterocycles. The van der Waals surface area contributed by atoms with Gasteiger partial charge in [0.2, 0.25) is 0 Å². The molecule has 7 rings (SSSR count). The van der Waals surface area contributed by atoms with Crippen LogP contribution in [0.15, 0.2) is 36.8 Å². The van der Waals surface area contributed by atoms with Crippen LogP contribution in [-0.4, -0.2) is 80.2 Å². The quantitative estimate of drug-likeness (QED) is 0.249. The second-order valence-electron chi connectivity index (χ2n) is 12.9. The number of amides is 1. The van der Waals surface area contributed by atoms with Gasteiger partial charge in [0.05, 0.1) is 59.5 Å². The van der Waals surface area contributed by atoms with E-state index in [-0.39, 0.29) is 47.8 Å². The summed E-state index contributed by atoms with van der Waals surface area (Å²) in [5, 5.41) is 16.0. The van der Waals surface area contributed by atoms with Gasteiger partial charge in [-0.2, -0.15) is 23.5 Å². The first kappa shape index (κ1) is 32.2. The number of fused-ring (bicyclic) bond motifs is 2. The normalized spacial score (nSPS) is 21.0. The number of rotatable bonds is 7. The third-order valence-electron chi connectivity index (χ3n) is 9.50. The zero-order chi connectivity index (χ0) is 33.8. The van der Waals surface area contributed by atoms with Crippen molar-refractivity contribution in [3.05, 3.63) is 58.9 Å². The first-order valence-corrected chi connectivity index (χ1v) is 16.1. The van der Waals surface area contributed by atoms with Gasteiger partial charge < -0.3 is 9.47 Å². The number of aryl methyl sites for hydroxylation is 1. The van der Waals surface area contributed by atoms with E-state index >= 15 is 0 Å². The molecule has 48 heavy (non-hydrogen) atoms. The van der Waals surface area contributed by atoms with Crippen LogP contribution in [0.4, 0.5) is 18.9 Å². The lowest BCUT2D eigenvalue weighted by Crippen LogP contribution is -2.63. The summed E-state index contributed by atoms with van der Waals surface area (Å²) in [5.74, 6) is 0.620. The molecule has 3 aliphatic rings. The summed E-state index contributed by atoms with van der Waals surface area (Å²) in [4.78, 5) is 29.9. The van der Waals surface area contributed by atoms with Crippen molar-refractivity contribution in [1.82, 2.24) is 29.6 Å². The number of pyridine rings is 1. The number of carbonyl (C=O) groups excluding carboxylic acids is 1. The molecule has 0 aliphatic carbocycles. The van der Waals surface area contributed by atoms with Gasteiger partial charge in [0.15, 0.2) is 12.3 Å². The number of hydrogen-bond donors (Lipinski definition) is 0. The molecule has 4 aromatic rings. The van der Waals surface area contributed by atoms with Gasteiger partial charge in [-0.25, -0.2) is 19.6 Å². The number of anilines is 1. The summed E-state index contributed by atoms with van der Waals surface area (Å²) in [7, 11) is 0. The van der Waals surface area contributed by atoms with Crippen molar-refractivity contribution in [2.45, 2.75) is 57.4 Å². The van der Waals surface area contributed by atoms with E-state index in [0.717, 1.165) is 19.5 Å². The van der Waals surface area contributed by atoms with Crippen LogP contribution in [0.2, 0.25) is 5.02 Å². The highest BCUT2D eigenvalue weighted by atomic mass is 35.5. The summed E-state index contributed by atoms with van der Waals surface area (Å²) in [6.45, 7) is 7.18. The van der Waals surface area contributed by atoms with Crippen LogP contribution >= 0.6 is 11.6 Å². The average molecular weight is 681 g/mol. The minimum Gasteiger partial charge on any atom is -0.482 e. The second kappa shape index (κ2) is 12.3. The van der Waals surface area contributed by atoms with Crippen LogP contribution in [0.25, 0.3) is 22.2 Å². The molecule has 2 fully saturated rings. The third kappa shape index (κ3) is 5.95. The number of alkyl halides is 3. The SMILES string of the molecule is C[C@@H]1CN(C2(C)COC2)CC[C@H]1n1ncc2c(-c3ccc4c(c3)OCC(=O)N4Cc3ncc(Cl)cn3)c(C#N)c(CCC(F)(F)F)nc21. The van der Waals surface area contributed by atoms with E-state index in [9.17, 15) is 23.2 Å². The molecule has 2 saturated heterocycles. The van der Waals surface area contributed by atoms with Crippen molar-refractivity contribution in [3.63, 3.8) is 0 Å². The Morgan fingerprint density at radius 3 is 2.62 bits per heavy atom. The van der Waals surface area contributed by atoms with E-state index in [1.54, 1.807) is 24.4 Å². The van der Waals surface area contributed by atoms with Gasteiger partial charge in [0.25, 0.3) is 5.91 Å². The maximum Gasteiger partial charge on any atom is 0.389 e. The molecule has 0 spiro atoms. The predicted molar refractivity (Wildman–Crippen MR) is 169 cm³/mol. The summed E-state index contributed by atoms with van der Waals surface area (Å²) in [6, 6.07) is 7.20. The highest BCUT2D eigenvalue weighted by Gasteiger charge is 2.43. The van der Waals surface area contributed by atoms with E-state index in [4.69, 9.17) is 31.2 Å². The highest BCUT2D eigenvalue weighted by Crippen LogP contribution is 2.42. The molecule has 2 atom stereocenters. The molecule has 0 radical (unpaired) electrons. The zero-order valence-electron chi connectivity index (χ0n) is 26.3. The third-order valence-corrected chi connectivity index (χ3v) is 9.70. The monoisotopic (exact) mass is 680 g/mol. The number of aromatic nitrogens is 5. The average Bonchev–Trinajstić information content (AvgIpc) is 3.46. The van der Waals surface area contributed by atoms with Gasteiger partial charge in [-0.1, -0.05) is 24.6 Å². The number of ether oxygens (including phenoxy) is 2. The van der Waals surface area contributed by atoms with Gasteiger partial charge in [0.1, 0.15) is 17.6 Å². The number of benzene rings is 1. The van der Waals surface area contributed by atoms with Crippen LogP contribution in [0.3, 0.4) is 0 Å². The number of nitriles is 1. The van der Waals surface area contributed by atoms with Crippen molar-refractivity contribution in [3.8, 4) is 22.9 Å². The van der Waals surface area contributed by atoms with Gasteiger partial charge >= 0.3 is 6.18 Å². The molecule has 11 nitrogen and oxygen atoms in total. The van der Waals surface area contributed by atoms with E-state index in [1.807, 2.05) is 4.68 Å². The molecular formula is C33H32ClF3N8O3. The van der Waals surface area contributed by atoms with Crippen LogP contribution in [-0.2, 0) is 22.5 Å². The Morgan fingerprint density at radius 2 is 1.96 bits per heavy atom. The molecule has 1 amide bonds. The molecule has 0 bridgehead atoms. The number of likely N-dealkylation sites (tertiary alicyclic amines) is 1. The Bertz CT molecular complexity index is 1920. The van der Waals surface area contributed by atoms with Gasteiger partial charge in [-0.05, 0) is 43.4 Å². The maximum absolute atomic E-state index is 13.5. The minimum atomic E-state index is -4.43. The van der Waals surface area contributed by atoms with Crippen LogP contribution in [0.5, 0.6) is 5.75 Å². The first-order chi connectivity index (χ1) is 22.9. The van der Waals surface area contributed by atoms with Crippen molar-refractivity contribution in [2.75, 3.05) is 37.8 Å². The zero-order valence-corrected chi connectivity index (χ0v) is 27.1. The Kier molecular flexibility index (Phi) is 8.25. The van der Waals surface area contributed by atoms with Crippen LogP contribution in [0.1, 0.15) is 49.8 Å². The van der Waals surface area contributed by atoms with Crippen molar-refractivity contribution >= 4 is 34.2 Å². The minimum absolute atomic E-state index is 0.000151. The molecule has 1 aromatic carbocycles. The number of hydrogen-bond acceptors (Lipinski definition) is 9. The lowest BCUT2D eigenvalue weighted by Gasteiger charge is -2.51. The Hall–Kier alpha value is -4.32. The molecule has 0 N–H and O–H groups in total. The summed E-state index contributed by atoms with van der Waals surface area (Å²) in [6.07, 6.45) is -0.716. The smallest absolute Gasteiger partial charge is 0.389 e. The number of halogens is 4. The Morgan fingerprint density at radius 1 is 1.19 bits per heavy atom. The van der Waals surface area contributed by atoms with Gasteiger partial charge in [0, 0.05) is 42.9 Å². The molecule has 0 saturated carbocycles. The molecule has 6 heterocycles. The van der Waals surface area contributed by atoms with Gasteiger partial charge in [-0.15, -0.1) is 0 Å². The van der Waals surface area contributed by atoms with E-state index in [1.165, 1.54) is 17.3 Å². The largest absolute Gasteiger partial charge is 0.482 e. The van der Waals surface area contributed by atoms with Gasteiger partial charge in [-0.3, -0.25) is 14.6 Å². The summed E-state index contributed by atoms with van der Waals surface area (Å²) < 4.78 is 53.5. The highest BCUT2D eigenvalue weighted by molar-refractivity contribution is 6.30. The second-order valence-corrected chi connectivity index (χ2v) is 13.3. The Balaban J connectivity index is 1.29. The molecule has 250 valence electrons. The van der Waals surface area contributed by atoms with E-state index < -0.39 is 19.0 Å². The lowest BCUT2D eigenvalue weighted by molar-refractivity contribution is -0.143. The van der Waals surface area contributed by atoms with E-state index in [2.05, 4.69) is 34.8 Å². The predicted octanol–water partition coefficient (Wildman–Crippen LogP) is 5.51.